The third-order valence-corrected chi connectivity index (χ3v) is 5.42. The van der Waals surface area contributed by atoms with Crippen LogP contribution in [0, 0.1) is 17.3 Å². The van der Waals surface area contributed by atoms with Crippen LogP contribution in [0.15, 0.2) is 0 Å². The summed E-state index contributed by atoms with van der Waals surface area (Å²) < 4.78 is 0. The van der Waals surface area contributed by atoms with Crippen molar-refractivity contribution in [3.05, 3.63) is 0 Å². The van der Waals surface area contributed by atoms with Crippen LogP contribution in [-0.4, -0.2) is 15.7 Å². The monoisotopic (exact) mass is 214 g/mol. The van der Waals surface area contributed by atoms with Crippen LogP contribution in [0.5, 0.6) is 0 Å². The summed E-state index contributed by atoms with van der Waals surface area (Å²) in [6, 6.07) is 0. The van der Waals surface area contributed by atoms with Gasteiger partial charge in [0, 0.05) is 0 Å². The van der Waals surface area contributed by atoms with Gasteiger partial charge in [-0.15, -0.1) is 0 Å². The lowest BCUT2D eigenvalue weighted by molar-refractivity contribution is 0.135. The second-order valence-corrected chi connectivity index (χ2v) is 6.64. The van der Waals surface area contributed by atoms with Crippen LogP contribution in [0.25, 0.3) is 0 Å². The molecule has 1 spiro atoms. The summed E-state index contributed by atoms with van der Waals surface area (Å²) in [6.07, 6.45) is 11.1. The van der Waals surface area contributed by atoms with Crippen LogP contribution >= 0.6 is 0 Å². The maximum atomic E-state index is 6.30. The Bertz CT molecular complexity index is 229. The van der Waals surface area contributed by atoms with Crippen LogP contribution in [0.2, 0.25) is 5.21 Å². The molecule has 0 heterocycles. The van der Waals surface area contributed by atoms with Crippen molar-refractivity contribution in [2.45, 2.75) is 70.4 Å². The fourth-order valence-electron chi connectivity index (χ4n) is 3.83. The SMILES string of the molecule is [B]C([B])(C(C)C)C1CCC2(CCCC2)CC1. The molecule has 16 heavy (non-hydrogen) atoms. The molecule has 0 bridgehead atoms. The Morgan fingerprint density at radius 2 is 1.50 bits per heavy atom. The molecule has 4 radical (unpaired) electrons. The van der Waals surface area contributed by atoms with E-state index in [9.17, 15) is 0 Å². The summed E-state index contributed by atoms with van der Waals surface area (Å²) in [5.41, 5.74) is 0.698. The highest BCUT2D eigenvalue weighted by Gasteiger charge is 2.41. The molecule has 0 saturated heterocycles. The summed E-state index contributed by atoms with van der Waals surface area (Å²) in [5, 5.41) is -0.444. The molecule has 0 aromatic heterocycles. The molecule has 0 N–H and O–H groups in total. The predicted octanol–water partition coefficient (Wildman–Crippen LogP) is 3.85. The van der Waals surface area contributed by atoms with Crippen molar-refractivity contribution >= 4 is 15.7 Å². The van der Waals surface area contributed by atoms with Gasteiger partial charge in [-0.1, -0.05) is 56.6 Å². The number of hydrogen-bond donors (Lipinski definition) is 0. The molecule has 86 valence electrons. The molecule has 0 aliphatic heterocycles. The molecule has 2 fully saturated rings. The topological polar surface area (TPSA) is 0 Å². The molecule has 0 atom stereocenters. The quantitative estimate of drug-likeness (QED) is 0.612. The van der Waals surface area contributed by atoms with Gasteiger partial charge in [0.2, 0.25) is 0 Å². The molecule has 0 aromatic rings. The van der Waals surface area contributed by atoms with E-state index in [2.05, 4.69) is 13.8 Å². The zero-order chi connectivity index (χ0) is 11.8. The Labute approximate surface area is 104 Å². The summed E-state index contributed by atoms with van der Waals surface area (Å²) in [6.45, 7) is 4.31. The zero-order valence-corrected chi connectivity index (χ0v) is 11.0. The second-order valence-electron chi connectivity index (χ2n) is 6.64. The second kappa shape index (κ2) is 4.42. The minimum atomic E-state index is -0.444. The van der Waals surface area contributed by atoms with Gasteiger partial charge in [0.15, 0.2) is 0 Å². The predicted molar refractivity (Wildman–Crippen MR) is 71.9 cm³/mol. The molecule has 2 aliphatic rings. The summed E-state index contributed by atoms with van der Waals surface area (Å²) in [5.74, 6) is 0.925. The fraction of sp³-hybridized carbons (Fsp3) is 1.00. The van der Waals surface area contributed by atoms with Gasteiger partial charge in [0.05, 0.1) is 15.7 Å². The highest BCUT2D eigenvalue weighted by Crippen LogP contribution is 2.54. The van der Waals surface area contributed by atoms with Gasteiger partial charge in [-0.3, -0.25) is 0 Å². The third kappa shape index (κ3) is 2.22. The lowest BCUT2D eigenvalue weighted by Crippen LogP contribution is -2.35. The van der Waals surface area contributed by atoms with Crippen molar-refractivity contribution in [2.24, 2.45) is 17.3 Å². The van der Waals surface area contributed by atoms with E-state index < -0.39 is 5.21 Å². The van der Waals surface area contributed by atoms with E-state index in [-0.39, 0.29) is 0 Å². The van der Waals surface area contributed by atoms with Crippen molar-refractivity contribution < 1.29 is 0 Å². The van der Waals surface area contributed by atoms with Gasteiger partial charge in [0.25, 0.3) is 0 Å². The summed E-state index contributed by atoms with van der Waals surface area (Å²) in [4.78, 5) is 0. The molecule has 2 rings (SSSR count). The Balaban J connectivity index is 1.94. The summed E-state index contributed by atoms with van der Waals surface area (Å²) in [7, 11) is 12.6. The molecule has 0 amide bonds. The smallest absolute Gasteiger partial charge is 0.0627 e. The Morgan fingerprint density at radius 3 is 1.94 bits per heavy atom. The van der Waals surface area contributed by atoms with Crippen LogP contribution in [0.3, 0.4) is 0 Å². The average Bonchev–Trinajstić information content (AvgIpc) is 2.67. The maximum absolute atomic E-state index is 6.30. The van der Waals surface area contributed by atoms with Crippen LogP contribution < -0.4 is 0 Å². The fourth-order valence-corrected chi connectivity index (χ4v) is 3.83. The average molecular weight is 214 g/mol. The van der Waals surface area contributed by atoms with E-state index >= 15 is 0 Å². The molecular weight excluding hydrogens is 190 g/mol. The lowest BCUT2D eigenvalue weighted by atomic mass is 9.41. The lowest BCUT2D eigenvalue weighted by Gasteiger charge is -2.46. The normalized spacial score (nSPS) is 26.7. The highest BCUT2D eigenvalue weighted by atomic mass is 14.4. The minimum Gasteiger partial charge on any atom is -0.0941 e. The largest absolute Gasteiger partial charge is 0.0941 e. The first-order valence-electron chi connectivity index (χ1n) is 7.04. The van der Waals surface area contributed by atoms with Gasteiger partial charge >= 0.3 is 0 Å². The van der Waals surface area contributed by atoms with Crippen LogP contribution in [0.1, 0.15) is 65.2 Å². The maximum Gasteiger partial charge on any atom is 0.0627 e. The first-order valence-corrected chi connectivity index (χ1v) is 7.04. The van der Waals surface area contributed by atoms with Crippen molar-refractivity contribution in [3.63, 3.8) is 0 Å². The van der Waals surface area contributed by atoms with Crippen LogP contribution in [-0.2, 0) is 0 Å². The first-order chi connectivity index (χ1) is 7.46. The Kier molecular flexibility index (Phi) is 3.48. The zero-order valence-electron chi connectivity index (χ0n) is 11.0. The highest BCUT2D eigenvalue weighted by molar-refractivity contribution is 6.40. The Hall–Kier alpha value is 0.130. The molecular formula is C14H24B2. The van der Waals surface area contributed by atoms with Crippen molar-refractivity contribution in [1.29, 1.82) is 0 Å². The van der Waals surface area contributed by atoms with E-state index in [1.807, 2.05) is 0 Å². The molecule has 2 aliphatic carbocycles. The minimum absolute atomic E-state index is 0.384. The molecule has 2 saturated carbocycles. The standard InChI is InChI=1S/C14H24B2/c1-11(2)14(15,16)12-5-9-13(10-6-12)7-3-4-8-13/h11-12H,3-10H2,1-2H3. The Morgan fingerprint density at radius 1 is 1.00 bits per heavy atom. The van der Waals surface area contributed by atoms with E-state index in [4.69, 9.17) is 15.7 Å². The van der Waals surface area contributed by atoms with E-state index in [1.54, 1.807) is 0 Å². The van der Waals surface area contributed by atoms with Crippen molar-refractivity contribution in [1.82, 2.24) is 0 Å². The van der Waals surface area contributed by atoms with Gasteiger partial charge in [-0.05, 0) is 31.1 Å². The number of hydrogen-bond acceptors (Lipinski definition) is 0. The first kappa shape index (κ1) is 12.6. The molecule has 0 nitrogen and oxygen atoms in total. The van der Waals surface area contributed by atoms with E-state index in [1.165, 1.54) is 51.4 Å². The van der Waals surface area contributed by atoms with Gasteiger partial charge < -0.3 is 0 Å². The summed E-state index contributed by atoms with van der Waals surface area (Å²) >= 11 is 0. The van der Waals surface area contributed by atoms with E-state index in [0.717, 1.165) is 0 Å². The molecule has 2 heteroatoms. The van der Waals surface area contributed by atoms with Gasteiger partial charge in [-0.2, -0.15) is 0 Å². The number of rotatable bonds is 2. The van der Waals surface area contributed by atoms with Crippen molar-refractivity contribution in [2.75, 3.05) is 0 Å². The third-order valence-electron chi connectivity index (χ3n) is 5.42. The molecule has 0 unspecified atom stereocenters. The van der Waals surface area contributed by atoms with E-state index in [0.29, 0.717) is 17.3 Å². The van der Waals surface area contributed by atoms with Gasteiger partial charge in [0.1, 0.15) is 0 Å². The molecule has 0 aromatic carbocycles. The van der Waals surface area contributed by atoms with Crippen LogP contribution in [0.4, 0.5) is 0 Å². The van der Waals surface area contributed by atoms with Crippen molar-refractivity contribution in [3.8, 4) is 0 Å². The van der Waals surface area contributed by atoms with Gasteiger partial charge in [-0.25, -0.2) is 0 Å².